The molecule has 0 saturated carbocycles. The molecule has 16 aromatic carbocycles. The highest BCUT2D eigenvalue weighted by Gasteiger charge is 2.47. The summed E-state index contributed by atoms with van der Waals surface area (Å²) in [6.45, 7) is 20.7. The van der Waals surface area contributed by atoms with Crippen LogP contribution >= 0.6 is 0 Å². The largest absolute Gasteiger partial charge is 0.456 e. The van der Waals surface area contributed by atoms with Gasteiger partial charge in [0, 0.05) is 77.3 Å². The van der Waals surface area contributed by atoms with E-state index in [4.69, 9.17) is 4.42 Å². The zero-order valence-electron chi connectivity index (χ0n) is 65.2. The SMILES string of the molecule is CC(C)(C)c1ccc(-c2cc3c4c(c2)N(c2c(-c5ccccc5)cc(C(C)(C)C)cc2-c2ccccc2)c2cc5c(cc2B4c2cc(-c4cccc6oc7ccccc7c46)ccc2N3c2c(-c3ccccc3)cc(C(C)(C)C)cc2-c2ccccc2)c2ccccc2c2ccccc2c2cccc3c4ccccc4n5c23)cc1. The van der Waals surface area contributed by atoms with Gasteiger partial charge in [0.05, 0.1) is 27.9 Å². The lowest BCUT2D eigenvalue weighted by atomic mass is 9.33. The first-order chi connectivity index (χ1) is 55.0. The Hall–Kier alpha value is -13.2. The lowest BCUT2D eigenvalue weighted by Gasteiger charge is -2.46. The van der Waals surface area contributed by atoms with Crippen LogP contribution in [0, 0.1) is 0 Å². The van der Waals surface area contributed by atoms with Gasteiger partial charge in [-0.25, -0.2) is 0 Å². The van der Waals surface area contributed by atoms with Crippen molar-refractivity contribution in [1.29, 1.82) is 0 Å². The first-order valence-electron chi connectivity index (χ1n) is 39.9. The van der Waals surface area contributed by atoms with Crippen molar-refractivity contribution in [1.82, 2.24) is 4.40 Å². The van der Waals surface area contributed by atoms with E-state index >= 15 is 0 Å². The van der Waals surface area contributed by atoms with Crippen molar-refractivity contribution in [2.45, 2.75) is 78.6 Å². The number of rotatable bonds is 8. The number of benzene rings is 16. The van der Waals surface area contributed by atoms with Gasteiger partial charge >= 0.3 is 0 Å². The molecule has 0 unspecified atom stereocenters. The third-order valence-electron chi connectivity index (χ3n) is 24.4. The highest BCUT2D eigenvalue weighted by atomic mass is 16.3. The quantitative estimate of drug-likeness (QED) is 0.142. The van der Waals surface area contributed by atoms with Gasteiger partial charge in [-0.1, -0.05) is 341 Å². The van der Waals surface area contributed by atoms with Crippen LogP contribution in [0.15, 0.2) is 350 Å². The predicted octanol–water partition coefficient (Wildman–Crippen LogP) is 28.1. The number of nitrogens with zero attached hydrogens (tertiary/aromatic N) is 3. The number of hydrogen-bond acceptors (Lipinski definition) is 3. The molecule has 21 rings (SSSR count). The molecule has 0 spiro atoms. The Morgan fingerprint density at radius 1 is 0.248 bits per heavy atom. The highest BCUT2D eigenvalue weighted by molar-refractivity contribution is 7.00. The van der Waals surface area contributed by atoms with Crippen molar-refractivity contribution < 1.29 is 4.42 Å². The Kier molecular flexibility index (Phi) is 15.4. The second-order valence-corrected chi connectivity index (χ2v) is 34.3. The van der Waals surface area contributed by atoms with Crippen LogP contribution in [-0.4, -0.2) is 11.1 Å². The first kappa shape index (κ1) is 67.9. The van der Waals surface area contributed by atoms with Gasteiger partial charge in [-0.15, -0.1) is 0 Å². The molecule has 2 aliphatic rings. The van der Waals surface area contributed by atoms with E-state index in [0.717, 1.165) is 145 Å². The van der Waals surface area contributed by atoms with Crippen LogP contribution in [0.3, 0.4) is 0 Å². The van der Waals surface area contributed by atoms with Gasteiger partial charge in [0.25, 0.3) is 6.71 Å². The van der Waals surface area contributed by atoms with Gasteiger partial charge in [-0.05, 0) is 182 Å². The minimum atomic E-state index is -0.385. The molecule has 2 aliphatic heterocycles. The van der Waals surface area contributed by atoms with Crippen LogP contribution in [0.2, 0.25) is 0 Å². The molecule has 0 fully saturated rings. The van der Waals surface area contributed by atoms with Crippen LogP contribution in [0.4, 0.5) is 34.1 Å². The van der Waals surface area contributed by atoms with Crippen LogP contribution < -0.4 is 26.2 Å². The molecule has 540 valence electrons. The van der Waals surface area contributed by atoms with Gasteiger partial charge < -0.3 is 18.6 Å². The topological polar surface area (TPSA) is 24.0 Å². The molecule has 5 heterocycles. The van der Waals surface area contributed by atoms with Gasteiger partial charge in [0.2, 0.25) is 0 Å². The smallest absolute Gasteiger partial charge is 0.252 e. The van der Waals surface area contributed by atoms with Crippen molar-refractivity contribution >= 4 is 139 Å². The maximum Gasteiger partial charge on any atom is 0.252 e. The molecule has 0 amide bonds. The Labute approximate surface area is 660 Å². The fraction of sp³-hybridized carbons (Fsp3) is 0.111. The Bertz CT molecular complexity index is 7030. The molecular formula is C108H84BN3O. The van der Waals surface area contributed by atoms with Crippen LogP contribution in [-0.2, 0) is 16.2 Å². The molecule has 0 bridgehead atoms. The predicted molar refractivity (Wildman–Crippen MR) is 484 cm³/mol. The number of hydrogen-bond donors (Lipinski definition) is 0. The van der Waals surface area contributed by atoms with E-state index in [9.17, 15) is 0 Å². The van der Waals surface area contributed by atoms with E-state index in [2.05, 4.69) is 422 Å². The number of para-hydroxylation sites is 3. The highest BCUT2D eigenvalue weighted by Crippen LogP contribution is 2.57. The van der Waals surface area contributed by atoms with E-state index in [1.807, 2.05) is 0 Å². The normalized spacial score (nSPS) is 12.9. The fourth-order valence-electron chi connectivity index (χ4n) is 18.8. The Balaban J connectivity index is 1.02. The molecule has 0 aliphatic carbocycles. The van der Waals surface area contributed by atoms with Crippen LogP contribution in [0.5, 0.6) is 0 Å². The molecule has 3 aromatic heterocycles. The van der Waals surface area contributed by atoms with Crippen molar-refractivity contribution in [3.8, 4) is 66.8 Å². The maximum atomic E-state index is 6.82. The number of furan rings is 1. The van der Waals surface area contributed by atoms with Gasteiger partial charge in [-0.3, -0.25) is 0 Å². The van der Waals surface area contributed by atoms with E-state index in [-0.39, 0.29) is 23.0 Å². The van der Waals surface area contributed by atoms with E-state index in [0.29, 0.717) is 0 Å². The molecule has 19 aromatic rings. The standard InChI is InChI=1S/C108H84BN3O/c1-106(2,3)74-55-52-67(53-56-74)73-59-97-102-98(60-73)112(105-88(70-36-18-12-19-37-70)63-76(108(7,8)9)64-89(105)71-38-20-13-21-39-71)96-66-95-90(81-43-25-23-41-79(81)78-40-22-24-42-80(78)83-47-30-48-84-82-44-26-28-49-93(82)110(95)103(83)84)65-92(96)109(102)91-58-72(77-46-31-51-100-101(77)85-45-27-29-50-99(85)113-100)54-57-94(91)111(97)104-86(68-32-14-10-15-33-68)61-75(107(4,5)6)62-87(104)69-34-16-11-17-35-69/h10-66H,1-9H3. The van der Waals surface area contributed by atoms with Gasteiger partial charge in [0.1, 0.15) is 11.2 Å². The Morgan fingerprint density at radius 2 is 0.655 bits per heavy atom. The van der Waals surface area contributed by atoms with Crippen LogP contribution in [0.1, 0.15) is 79.0 Å². The molecule has 113 heavy (non-hydrogen) atoms. The van der Waals surface area contributed by atoms with Gasteiger partial charge in [-0.2, -0.15) is 0 Å². The third-order valence-corrected chi connectivity index (χ3v) is 24.4. The lowest BCUT2D eigenvalue weighted by Crippen LogP contribution is -2.61. The second kappa shape index (κ2) is 25.7. The first-order valence-corrected chi connectivity index (χ1v) is 39.9. The molecule has 0 radical (unpaired) electrons. The average molecular weight is 1450 g/mol. The molecule has 0 saturated heterocycles. The molecule has 4 nitrogen and oxygen atoms in total. The van der Waals surface area contributed by atoms with E-state index in [1.165, 1.54) is 70.9 Å². The summed E-state index contributed by atoms with van der Waals surface area (Å²) < 4.78 is 9.46. The summed E-state index contributed by atoms with van der Waals surface area (Å²) in [5.74, 6) is 0. The molecular weight excluding hydrogens is 1370 g/mol. The van der Waals surface area contributed by atoms with Crippen molar-refractivity contribution in [2.75, 3.05) is 9.80 Å². The number of fused-ring (bicyclic) bond motifs is 17. The molecule has 0 N–H and O–H groups in total. The van der Waals surface area contributed by atoms with E-state index < -0.39 is 0 Å². The number of aromatic nitrogens is 1. The van der Waals surface area contributed by atoms with E-state index in [1.54, 1.807) is 0 Å². The molecule has 0 atom stereocenters. The summed E-state index contributed by atoms with van der Waals surface area (Å²) in [6, 6.07) is 132. The summed E-state index contributed by atoms with van der Waals surface area (Å²) in [7, 11) is 0. The summed E-state index contributed by atoms with van der Waals surface area (Å²) in [5.41, 5.74) is 32.2. The van der Waals surface area contributed by atoms with Crippen molar-refractivity contribution in [3.05, 3.63) is 362 Å². The fourth-order valence-corrected chi connectivity index (χ4v) is 18.8. The monoisotopic (exact) mass is 1450 g/mol. The van der Waals surface area contributed by atoms with Gasteiger partial charge in [0.15, 0.2) is 0 Å². The minimum absolute atomic E-state index is 0.0814. The van der Waals surface area contributed by atoms with Crippen LogP contribution in [0.25, 0.3) is 148 Å². The third kappa shape index (κ3) is 10.9. The Morgan fingerprint density at radius 3 is 1.18 bits per heavy atom. The average Bonchev–Trinajstić information content (AvgIpc) is 1.63. The second-order valence-electron chi connectivity index (χ2n) is 34.3. The summed E-state index contributed by atoms with van der Waals surface area (Å²) in [6.07, 6.45) is 0. The zero-order valence-corrected chi connectivity index (χ0v) is 65.2. The minimum Gasteiger partial charge on any atom is -0.456 e. The maximum absolute atomic E-state index is 6.82. The lowest BCUT2D eigenvalue weighted by molar-refractivity contribution is 0.590. The summed E-state index contributed by atoms with van der Waals surface area (Å²) in [5, 5.41) is 11.7. The number of anilines is 6. The summed E-state index contributed by atoms with van der Waals surface area (Å²) in [4.78, 5) is 5.49. The van der Waals surface area contributed by atoms with Crippen molar-refractivity contribution in [2.24, 2.45) is 0 Å². The zero-order chi connectivity index (χ0) is 76.3. The summed E-state index contributed by atoms with van der Waals surface area (Å²) >= 11 is 0. The molecule has 5 heteroatoms. The van der Waals surface area contributed by atoms with Crippen molar-refractivity contribution in [3.63, 3.8) is 0 Å².